The summed E-state index contributed by atoms with van der Waals surface area (Å²) >= 11 is 4.78. The number of fused-ring (bicyclic) bond motifs is 1. The first-order chi connectivity index (χ1) is 13.5. The Morgan fingerprint density at radius 3 is 2.43 bits per heavy atom. The Morgan fingerprint density at radius 1 is 1.04 bits per heavy atom. The molecule has 0 fully saturated rings. The molecule has 4 rings (SSSR count). The number of aromatic nitrogens is 3. The summed E-state index contributed by atoms with van der Waals surface area (Å²) in [5.41, 5.74) is 3.03. The normalized spacial score (nSPS) is 10.8. The predicted octanol–water partition coefficient (Wildman–Crippen LogP) is 4.43. The van der Waals surface area contributed by atoms with Gasteiger partial charge in [0.25, 0.3) is 11.9 Å². The van der Waals surface area contributed by atoms with E-state index < -0.39 is 0 Å². The van der Waals surface area contributed by atoms with Crippen molar-refractivity contribution < 1.29 is 9.59 Å². The van der Waals surface area contributed by atoms with Gasteiger partial charge in [-0.15, -0.1) is 16.4 Å². The van der Waals surface area contributed by atoms with Crippen LogP contribution in [0.4, 0.5) is 11.6 Å². The number of amides is 2. The highest BCUT2D eigenvalue weighted by molar-refractivity contribution is 9.10. The maximum absolute atomic E-state index is 12.4. The lowest BCUT2D eigenvalue weighted by Crippen LogP contribution is -2.13. The average molecular weight is 456 g/mol. The lowest BCUT2D eigenvalue weighted by molar-refractivity contribution is -0.114. The number of carbonyl (C=O) groups excluding carboxylic acids is 2. The van der Waals surface area contributed by atoms with Crippen molar-refractivity contribution in [2.75, 3.05) is 10.6 Å². The molecule has 0 aliphatic rings. The molecule has 0 radical (unpaired) electrons. The van der Waals surface area contributed by atoms with Gasteiger partial charge < -0.3 is 5.32 Å². The molecule has 0 bridgehead atoms. The van der Waals surface area contributed by atoms with E-state index in [1.165, 1.54) is 18.3 Å². The van der Waals surface area contributed by atoms with Crippen LogP contribution in [-0.4, -0.2) is 26.4 Å². The molecule has 2 N–H and O–H groups in total. The molecule has 0 spiro atoms. The van der Waals surface area contributed by atoms with E-state index >= 15 is 0 Å². The van der Waals surface area contributed by atoms with E-state index in [-0.39, 0.29) is 17.8 Å². The van der Waals surface area contributed by atoms with Crippen molar-refractivity contribution in [2.45, 2.75) is 6.92 Å². The summed E-state index contributed by atoms with van der Waals surface area (Å²) in [5, 5.41) is 11.8. The standard InChI is InChI=1S/C19H14BrN5O2S/c1-11(26)21-15-8-4-12(5-9-15)16-10-28-19-23-18(24-25(16)19)22-17(27)13-2-6-14(20)7-3-13/h2-10H,1H3,(H,21,26)(H,22,24,27). The Balaban J connectivity index is 1.57. The van der Waals surface area contributed by atoms with Gasteiger partial charge in [-0.2, -0.15) is 4.98 Å². The van der Waals surface area contributed by atoms with Crippen molar-refractivity contribution in [1.29, 1.82) is 0 Å². The largest absolute Gasteiger partial charge is 0.326 e. The number of halogens is 1. The highest BCUT2D eigenvalue weighted by atomic mass is 79.9. The van der Waals surface area contributed by atoms with Gasteiger partial charge in [0.2, 0.25) is 10.9 Å². The molecule has 0 unspecified atom stereocenters. The van der Waals surface area contributed by atoms with Crippen LogP contribution < -0.4 is 10.6 Å². The highest BCUT2D eigenvalue weighted by Crippen LogP contribution is 2.27. The van der Waals surface area contributed by atoms with E-state index in [4.69, 9.17) is 0 Å². The average Bonchev–Trinajstić information content (AvgIpc) is 3.22. The lowest BCUT2D eigenvalue weighted by atomic mass is 10.1. The molecule has 2 aromatic carbocycles. The first kappa shape index (κ1) is 18.3. The van der Waals surface area contributed by atoms with E-state index in [2.05, 4.69) is 36.6 Å². The molecular weight excluding hydrogens is 442 g/mol. The number of hydrogen-bond acceptors (Lipinski definition) is 5. The van der Waals surface area contributed by atoms with Crippen LogP contribution in [-0.2, 0) is 4.79 Å². The summed E-state index contributed by atoms with van der Waals surface area (Å²) in [5.74, 6) is -0.143. The van der Waals surface area contributed by atoms with E-state index in [0.29, 0.717) is 10.5 Å². The van der Waals surface area contributed by atoms with Crippen molar-refractivity contribution in [3.05, 3.63) is 63.9 Å². The van der Waals surface area contributed by atoms with E-state index in [1.54, 1.807) is 28.8 Å². The van der Waals surface area contributed by atoms with Crippen LogP contribution in [0.2, 0.25) is 0 Å². The first-order valence-electron chi connectivity index (χ1n) is 8.29. The minimum Gasteiger partial charge on any atom is -0.326 e. The van der Waals surface area contributed by atoms with Crippen LogP contribution in [0.25, 0.3) is 16.2 Å². The van der Waals surface area contributed by atoms with Gasteiger partial charge in [-0.25, -0.2) is 4.52 Å². The molecule has 4 aromatic rings. The second-order valence-electron chi connectivity index (χ2n) is 5.97. The number of benzene rings is 2. The van der Waals surface area contributed by atoms with Crippen LogP contribution in [0.15, 0.2) is 58.4 Å². The number of thiazole rings is 1. The molecule has 0 atom stereocenters. The number of nitrogens with one attached hydrogen (secondary N) is 2. The molecule has 140 valence electrons. The number of carbonyl (C=O) groups is 2. The topological polar surface area (TPSA) is 88.4 Å². The molecule has 0 aliphatic carbocycles. The Kier molecular flexibility index (Phi) is 4.93. The van der Waals surface area contributed by atoms with Crippen molar-refractivity contribution >= 4 is 55.7 Å². The number of rotatable bonds is 4. The highest BCUT2D eigenvalue weighted by Gasteiger charge is 2.14. The van der Waals surface area contributed by atoms with Crippen LogP contribution in [0.1, 0.15) is 17.3 Å². The fourth-order valence-electron chi connectivity index (χ4n) is 2.64. The third kappa shape index (κ3) is 3.80. The van der Waals surface area contributed by atoms with E-state index in [9.17, 15) is 9.59 Å². The quantitative estimate of drug-likeness (QED) is 0.476. The second-order valence-corrected chi connectivity index (χ2v) is 7.72. The fourth-order valence-corrected chi connectivity index (χ4v) is 3.73. The molecule has 0 saturated heterocycles. The summed E-state index contributed by atoms with van der Waals surface area (Å²) in [7, 11) is 0. The third-order valence-electron chi connectivity index (χ3n) is 3.91. The summed E-state index contributed by atoms with van der Waals surface area (Å²) in [4.78, 5) is 28.5. The van der Waals surface area contributed by atoms with Crippen LogP contribution >= 0.6 is 27.3 Å². The monoisotopic (exact) mass is 455 g/mol. The maximum Gasteiger partial charge on any atom is 0.258 e. The molecule has 7 nitrogen and oxygen atoms in total. The van der Waals surface area contributed by atoms with Crippen LogP contribution in [0.3, 0.4) is 0 Å². The minimum atomic E-state index is -0.271. The van der Waals surface area contributed by atoms with Crippen molar-refractivity contribution in [3.8, 4) is 11.3 Å². The molecule has 28 heavy (non-hydrogen) atoms. The predicted molar refractivity (Wildman–Crippen MR) is 113 cm³/mol. The van der Waals surface area contributed by atoms with Crippen molar-refractivity contribution in [3.63, 3.8) is 0 Å². The van der Waals surface area contributed by atoms with Gasteiger partial charge in [-0.05, 0) is 36.4 Å². The van der Waals surface area contributed by atoms with Gasteiger partial charge in [0.1, 0.15) is 0 Å². The van der Waals surface area contributed by atoms with E-state index in [0.717, 1.165) is 21.4 Å². The van der Waals surface area contributed by atoms with Crippen molar-refractivity contribution in [2.24, 2.45) is 0 Å². The lowest BCUT2D eigenvalue weighted by Gasteiger charge is -2.04. The number of nitrogens with zero attached hydrogens (tertiary/aromatic N) is 3. The van der Waals surface area contributed by atoms with Gasteiger partial charge in [0, 0.05) is 33.6 Å². The molecular formula is C19H14BrN5O2S. The Morgan fingerprint density at radius 2 is 1.75 bits per heavy atom. The fraction of sp³-hybridized carbons (Fsp3) is 0.0526. The number of anilines is 2. The summed E-state index contributed by atoms with van der Waals surface area (Å²) < 4.78 is 2.59. The Hall–Kier alpha value is -3.04. The third-order valence-corrected chi connectivity index (χ3v) is 5.26. The Labute approximate surface area is 172 Å². The van der Waals surface area contributed by atoms with E-state index in [1.807, 2.05) is 29.6 Å². The maximum atomic E-state index is 12.4. The molecule has 0 saturated carbocycles. The van der Waals surface area contributed by atoms with Gasteiger partial charge in [-0.3, -0.25) is 14.9 Å². The van der Waals surface area contributed by atoms with Gasteiger partial charge in [0.05, 0.1) is 5.69 Å². The van der Waals surface area contributed by atoms with Gasteiger partial charge in [-0.1, -0.05) is 28.1 Å². The molecule has 9 heteroatoms. The van der Waals surface area contributed by atoms with Crippen LogP contribution in [0.5, 0.6) is 0 Å². The molecule has 2 aromatic heterocycles. The zero-order valence-electron chi connectivity index (χ0n) is 14.6. The molecule has 2 heterocycles. The summed E-state index contributed by atoms with van der Waals surface area (Å²) in [6, 6.07) is 14.5. The zero-order chi connectivity index (χ0) is 19.7. The van der Waals surface area contributed by atoms with Gasteiger partial charge >= 0.3 is 0 Å². The SMILES string of the molecule is CC(=O)Nc1ccc(-c2csc3nc(NC(=O)c4ccc(Br)cc4)nn23)cc1. The smallest absolute Gasteiger partial charge is 0.258 e. The van der Waals surface area contributed by atoms with Crippen LogP contribution in [0, 0.1) is 0 Å². The zero-order valence-corrected chi connectivity index (χ0v) is 17.0. The van der Waals surface area contributed by atoms with Crippen molar-refractivity contribution in [1.82, 2.24) is 14.6 Å². The molecule has 0 aliphatic heterocycles. The second kappa shape index (κ2) is 7.53. The summed E-state index contributed by atoms with van der Waals surface area (Å²) in [6.07, 6.45) is 0. The molecule has 2 amide bonds. The Bertz CT molecular complexity index is 1170. The minimum absolute atomic E-state index is 0.117. The first-order valence-corrected chi connectivity index (χ1v) is 9.96. The van der Waals surface area contributed by atoms with Gasteiger partial charge in [0.15, 0.2) is 0 Å². The number of hydrogen-bond donors (Lipinski definition) is 2. The summed E-state index contributed by atoms with van der Waals surface area (Å²) in [6.45, 7) is 1.47.